The number of alkyl halides is 1. The molecule has 1 fully saturated rings. The Morgan fingerprint density at radius 1 is 1.06 bits per heavy atom. The van der Waals surface area contributed by atoms with Gasteiger partial charge in [-0.2, -0.15) is 0 Å². The van der Waals surface area contributed by atoms with Crippen molar-refractivity contribution in [1.29, 1.82) is 0 Å². The Bertz CT molecular complexity index is 1030. The molecule has 0 aliphatic carbocycles. The third-order valence-electron chi connectivity index (χ3n) is 5.19. The van der Waals surface area contributed by atoms with Crippen LogP contribution < -0.4 is 9.04 Å². The van der Waals surface area contributed by atoms with Gasteiger partial charge in [0.2, 0.25) is 0 Å². The molecule has 0 unspecified atom stereocenters. The molecule has 0 saturated carbocycles. The highest BCUT2D eigenvalue weighted by Gasteiger charge is 2.37. The number of anilines is 1. The van der Waals surface area contributed by atoms with Crippen LogP contribution in [-0.4, -0.2) is 56.1 Å². The number of hydrogen-bond acceptors (Lipinski definition) is 5. The van der Waals surface area contributed by atoms with Gasteiger partial charge in [-0.15, -0.1) is 0 Å². The highest BCUT2D eigenvalue weighted by atomic mass is 79.9. The molecule has 7 nitrogen and oxygen atoms in total. The zero-order chi connectivity index (χ0) is 24.1. The van der Waals surface area contributed by atoms with Crippen molar-refractivity contribution in [2.75, 3.05) is 29.3 Å². The second-order valence-electron chi connectivity index (χ2n) is 8.82. The van der Waals surface area contributed by atoms with Crippen molar-refractivity contribution in [2.24, 2.45) is 0 Å². The average molecular weight is 539 g/mol. The molecule has 1 aliphatic heterocycles. The van der Waals surface area contributed by atoms with Gasteiger partial charge in [-0.25, -0.2) is 13.2 Å². The number of rotatable bonds is 7. The van der Waals surface area contributed by atoms with Crippen LogP contribution >= 0.6 is 15.9 Å². The molecule has 2 aromatic rings. The van der Waals surface area contributed by atoms with Crippen molar-refractivity contribution in [3.8, 4) is 5.75 Å². The molecule has 1 amide bonds. The molecule has 0 radical (unpaired) electrons. The Balaban J connectivity index is 1.93. The van der Waals surface area contributed by atoms with Crippen LogP contribution in [0.2, 0.25) is 0 Å². The Kier molecular flexibility index (Phi) is 8.28. The van der Waals surface area contributed by atoms with Crippen LogP contribution in [0.4, 0.5) is 10.5 Å². The van der Waals surface area contributed by atoms with Gasteiger partial charge < -0.3 is 14.4 Å². The van der Waals surface area contributed by atoms with E-state index < -0.39 is 15.6 Å². The number of hydrogen-bond donors (Lipinski definition) is 0. The Morgan fingerprint density at radius 2 is 1.67 bits per heavy atom. The third-order valence-corrected chi connectivity index (χ3v) is 7.39. The minimum Gasteiger partial charge on any atom is -0.491 e. The zero-order valence-corrected chi connectivity index (χ0v) is 21.6. The molecule has 0 N–H and O–H groups in total. The van der Waals surface area contributed by atoms with Gasteiger partial charge in [0.05, 0.1) is 17.2 Å². The summed E-state index contributed by atoms with van der Waals surface area (Å²) in [7, 11) is -3.86. The van der Waals surface area contributed by atoms with Crippen LogP contribution in [0.5, 0.6) is 5.75 Å². The van der Waals surface area contributed by atoms with Crippen LogP contribution in [0.25, 0.3) is 0 Å². The largest absolute Gasteiger partial charge is 0.491 e. The molecule has 2 aromatic carbocycles. The van der Waals surface area contributed by atoms with E-state index in [1.807, 2.05) is 26.8 Å². The quantitative estimate of drug-likeness (QED) is 0.460. The van der Waals surface area contributed by atoms with Gasteiger partial charge >= 0.3 is 6.09 Å². The summed E-state index contributed by atoms with van der Waals surface area (Å²) in [5.41, 5.74) is -0.0829. The topological polar surface area (TPSA) is 76.2 Å². The summed E-state index contributed by atoms with van der Waals surface area (Å²) < 4.78 is 40.5. The first kappa shape index (κ1) is 25.4. The van der Waals surface area contributed by atoms with Crippen LogP contribution in [0.1, 0.15) is 33.6 Å². The number of carbonyl (C=O) groups is 1. The predicted molar refractivity (Wildman–Crippen MR) is 133 cm³/mol. The molecule has 0 spiro atoms. The van der Waals surface area contributed by atoms with E-state index in [4.69, 9.17) is 9.47 Å². The van der Waals surface area contributed by atoms with Crippen molar-refractivity contribution in [2.45, 2.75) is 50.2 Å². The number of amides is 1. The fourth-order valence-corrected chi connectivity index (χ4v) is 5.65. The van der Waals surface area contributed by atoms with E-state index in [0.29, 0.717) is 49.3 Å². The summed E-state index contributed by atoms with van der Waals surface area (Å²) in [6.07, 6.45) is 0.593. The fourth-order valence-electron chi connectivity index (χ4n) is 3.75. The highest BCUT2D eigenvalue weighted by molar-refractivity contribution is 9.09. The summed E-state index contributed by atoms with van der Waals surface area (Å²) in [6.45, 7) is 6.71. The Morgan fingerprint density at radius 3 is 2.27 bits per heavy atom. The Hall–Kier alpha value is -2.26. The first-order valence-corrected chi connectivity index (χ1v) is 13.5. The molecule has 0 bridgehead atoms. The lowest BCUT2D eigenvalue weighted by molar-refractivity contribution is 0.0207. The van der Waals surface area contributed by atoms with E-state index in [-0.39, 0.29) is 17.0 Å². The van der Waals surface area contributed by atoms with E-state index in [1.54, 1.807) is 53.4 Å². The molecule has 9 heteroatoms. The molecule has 1 saturated heterocycles. The van der Waals surface area contributed by atoms with Crippen molar-refractivity contribution in [3.05, 3.63) is 54.6 Å². The molecule has 180 valence electrons. The van der Waals surface area contributed by atoms with E-state index in [0.717, 1.165) is 0 Å². The summed E-state index contributed by atoms with van der Waals surface area (Å²) in [4.78, 5) is 14.4. The second-order valence-corrected chi connectivity index (χ2v) is 11.4. The van der Waals surface area contributed by atoms with Crippen molar-refractivity contribution in [1.82, 2.24) is 4.90 Å². The number of para-hydroxylation sites is 2. The standard InChI is InChI=1S/C24H31BrN2O5S/c1-24(2,3)32-23(28)26-16-13-19(14-17-26)27(33(29,30)20-9-5-4-6-10-20)21-11-7-8-12-22(21)31-18-15-25/h4-12,19H,13-18H2,1-3H3. The van der Waals surface area contributed by atoms with Gasteiger partial charge in [0.25, 0.3) is 10.0 Å². The SMILES string of the molecule is CC(C)(C)OC(=O)N1CCC(N(c2ccccc2OCCBr)S(=O)(=O)c2ccccc2)CC1. The summed E-state index contributed by atoms with van der Waals surface area (Å²) in [5.74, 6) is 0.506. The normalized spacial score (nSPS) is 15.2. The zero-order valence-electron chi connectivity index (χ0n) is 19.2. The number of halogens is 1. The maximum absolute atomic E-state index is 13.8. The predicted octanol–water partition coefficient (Wildman–Crippen LogP) is 5.06. The molecule has 3 rings (SSSR count). The van der Waals surface area contributed by atoms with E-state index in [2.05, 4.69) is 15.9 Å². The van der Waals surface area contributed by atoms with Crippen LogP contribution in [0.15, 0.2) is 59.5 Å². The monoisotopic (exact) mass is 538 g/mol. The van der Waals surface area contributed by atoms with Gasteiger partial charge in [-0.05, 0) is 57.9 Å². The van der Waals surface area contributed by atoms with E-state index in [1.165, 1.54) is 4.31 Å². The molecular weight excluding hydrogens is 508 g/mol. The smallest absolute Gasteiger partial charge is 0.410 e. The van der Waals surface area contributed by atoms with Crippen LogP contribution in [0.3, 0.4) is 0 Å². The van der Waals surface area contributed by atoms with Crippen molar-refractivity contribution < 1.29 is 22.7 Å². The summed E-state index contributed by atoms with van der Waals surface area (Å²) in [5, 5.41) is 0.626. The third kappa shape index (κ3) is 6.41. The Labute approximate surface area is 204 Å². The minimum atomic E-state index is -3.86. The number of carbonyl (C=O) groups excluding carboxylic acids is 1. The number of benzene rings is 2. The van der Waals surface area contributed by atoms with Crippen molar-refractivity contribution in [3.63, 3.8) is 0 Å². The fraction of sp³-hybridized carbons (Fsp3) is 0.458. The number of likely N-dealkylation sites (tertiary alicyclic amines) is 1. The van der Waals surface area contributed by atoms with Crippen LogP contribution in [-0.2, 0) is 14.8 Å². The van der Waals surface area contributed by atoms with E-state index in [9.17, 15) is 13.2 Å². The number of piperidine rings is 1. The maximum Gasteiger partial charge on any atom is 0.410 e. The van der Waals surface area contributed by atoms with E-state index >= 15 is 0 Å². The van der Waals surface area contributed by atoms with Gasteiger partial charge in [0.15, 0.2) is 0 Å². The van der Waals surface area contributed by atoms with Gasteiger partial charge in [-0.1, -0.05) is 46.3 Å². The molecule has 1 aliphatic rings. The molecule has 0 atom stereocenters. The lowest BCUT2D eigenvalue weighted by Gasteiger charge is -2.39. The number of sulfonamides is 1. The number of nitrogens with zero attached hydrogens (tertiary/aromatic N) is 2. The first-order valence-electron chi connectivity index (χ1n) is 11.0. The number of ether oxygens (including phenoxy) is 2. The summed E-state index contributed by atoms with van der Waals surface area (Å²) in [6, 6.07) is 15.3. The molecular formula is C24H31BrN2O5S. The van der Waals surface area contributed by atoms with Gasteiger partial charge in [0.1, 0.15) is 11.4 Å². The van der Waals surface area contributed by atoms with Gasteiger partial charge in [0, 0.05) is 24.5 Å². The molecule has 33 heavy (non-hydrogen) atoms. The van der Waals surface area contributed by atoms with Crippen molar-refractivity contribution >= 4 is 37.7 Å². The van der Waals surface area contributed by atoms with Crippen LogP contribution in [0, 0.1) is 0 Å². The van der Waals surface area contributed by atoms with Gasteiger partial charge in [-0.3, -0.25) is 4.31 Å². The second kappa shape index (κ2) is 10.8. The first-order chi connectivity index (χ1) is 15.6. The minimum absolute atomic E-state index is 0.217. The maximum atomic E-state index is 13.8. The molecule has 0 aromatic heterocycles. The molecule has 1 heterocycles. The average Bonchev–Trinajstić information content (AvgIpc) is 2.78. The lowest BCUT2D eigenvalue weighted by atomic mass is 10.0. The highest BCUT2D eigenvalue weighted by Crippen LogP contribution is 2.37. The lowest BCUT2D eigenvalue weighted by Crippen LogP contribution is -2.50. The summed E-state index contributed by atoms with van der Waals surface area (Å²) >= 11 is 3.36.